The maximum Gasteiger partial charge on any atom is 0.143 e. The zero-order valence-electron chi connectivity index (χ0n) is 9.28. The van der Waals surface area contributed by atoms with Gasteiger partial charge >= 0.3 is 0 Å². The van der Waals surface area contributed by atoms with Gasteiger partial charge in [-0.25, -0.2) is 4.39 Å². The standard InChI is InChI=1S/C13H12BrFOS/c1-2-8-6-7-17-13(8)12(16)9-4-3-5-10(14)11(9)15/h3-7,12,16H,2H2,1H3. The van der Waals surface area contributed by atoms with E-state index in [1.54, 1.807) is 18.2 Å². The molecule has 1 N–H and O–H groups in total. The Morgan fingerprint density at radius 1 is 1.41 bits per heavy atom. The lowest BCUT2D eigenvalue weighted by Crippen LogP contribution is -2.03. The van der Waals surface area contributed by atoms with Gasteiger partial charge in [0.1, 0.15) is 11.9 Å². The van der Waals surface area contributed by atoms with Crippen LogP contribution in [0.4, 0.5) is 4.39 Å². The topological polar surface area (TPSA) is 20.2 Å². The highest BCUT2D eigenvalue weighted by Gasteiger charge is 2.19. The Morgan fingerprint density at radius 3 is 2.88 bits per heavy atom. The second kappa shape index (κ2) is 5.29. The van der Waals surface area contributed by atoms with E-state index < -0.39 is 11.9 Å². The first-order valence-corrected chi connectivity index (χ1v) is 7.00. The summed E-state index contributed by atoms with van der Waals surface area (Å²) in [5, 5.41) is 12.2. The minimum atomic E-state index is -0.887. The SMILES string of the molecule is CCc1ccsc1C(O)c1cccc(Br)c1F. The van der Waals surface area contributed by atoms with Crippen LogP contribution in [0.2, 0.25) is 0 Å². The molecule has 0 saturated heterocycles. The lowest BCUT2D eigenvalue weighted by molar-refractivity contribution is 0.217. The first-order valence-electron chi connectivity index (χ1n) is 5.33. The average molecular weight is 315 g/mol. The smallest absolute Gasteiger partial charge is 0.143 e. The zero-order chi connectivity index (χ0) is 12.4. The van der Waals surface area contributed by atoms with Crippen LogP contribution in [0.15, 0.2) is 34.1 Å². The molecule has 0 spiro atoms. The van der Waals surface area contributed by atoms with Crippen molar-refractivity contribution in [1.82, 2.24) is 0 Å². The molecule has 17 heavy (non-hydrogen) atoms. The number of thiophene rings is 1. The molecule has 1 aromatic carbocycles. The summed E-state index contributed by atoms with van der Waals surface area (Å²) in [4.78, 5) is 0.824. The van der Waals surface area contributed by atoms with E-state index in [9.17, 15) is 9.50 Å². The largest absolute Gasteiger partial charge is 0.383 e. The van der Waals surface area contributed by atoms with E-state index in [1.807, 2.05) is 18.4 Å². The molecule has 2 rings (SSSR count). The maximum absolute atomic E-state index is 13.9. The third-order valence-electron chi connectivity index (χ3n) is 2.69. The van der Waals surface area contributed by atoms with Gasteiger partial charge in [0.05, 0.1) is 4.47 Å². The number of halogens is 2. The van der Waals surface area contributed by atoms with Gasteiger partial charge < -0.3 is 5.11 Å². The lowest BCUT2D eigenvalue weighted by Gasteiger charge is -2.13. The fourth-order valence-electron chi connectivity index (χ4n) is 1.75. The predicted octanol–water partition coefficient (Wildman–Crippen LogP) is 4.29. The van der Waals surface area contributed by atoms with Gasteiger partial charge in [0.2, 0.25) is 0 Å². The van der Waals surface area contributed by atoms with Gasteiger partial charge in [-0.05, 0) is 45.4 Å². The second-order valence-electron chi connectivity index (χ2n) is 3.71. The van der Waals surface area contributed by atoms with Crippen LogP contribution in [0.5, 0.6) is 0 Å². The summed E-state index contributed by atoms with van der Waals surface area (Å²) in [6.45, 7) is 2.02. The van der Waals surface area contributed by atoms with Crippen LogP contribution in [-0.2, 0) is 6.42 Å². The first kappa shape index (κ1) is 12.7. The molecule has 4 heteroatoms. The molecule has 0 aliphatic carbocycles. The van der Waals surface area contributed by atoms with E-state index in [0.717, 1.165) is 16.9 Å². The number of aliphatic hydroxyl groups is 1. The van der Waals surface area contributed by atoms with E-state index >= 15 is 0 Å². The highest BCUT2D eigenvalue weighted by Crippen LogP contribution is 2.33. The van der Waals surface area contributed by atoms with E-state index in [1.165, 1.54) is 11.3 Å². The predicted molar refractivity (Wildman–Crippen MR) is 71.9 cm³/mol. The summed E-state index contributed by atoms with van der Waals surface area (Å²) in [7, 11) is 0. The Morgan fingerprint density at radius 2 is 2.18 bits per heavy atom. The highest BCUT2D eigenvalue weighted by molar-refractivity contribution is 9.10. The second-order valence-corrected chi connectivity index (χ2v) is 5.51. The normalized spacial score (nSPS) is 12.7. The number of aryl methyl sites for hydroxylation is 1. The van der Waals surface area contributed by atoms with Crippen molar-refractivity contribution in [3.63, 3.8) is 0 Å². The number of benzene rings is 1. The van der Waals surface area contributed by atoms with Crippen molar-refractivity contribution >= 4 is 27.3 Å². The van der Waals surface area contributed by atoms with Crippen LogP contribution in [0.3, 0.4) is 0 Å². The number of aliphatic hydroxyl groups excluding tert-OH is 1. The molecule has 0 fully saturated rings. The molecule has 90 valence electrons. The quantitative estimate of drug-likeness (QED) is 0.895. The number of hydrogen-bond donors (Lipinski definition) is 1. The molecule has 0 radical (unpaired) electrons. The molecular formula is C13H12BrFOS. The van der Waals surface area contributed by atoms with Crippen molar-refractivity contribution in [3.05, 3.63) is 55.9 Å². The van der Waals surface area contributed by atoms with Crippen molar-refractivity contribution in [1.29, 1.82) is 0 Å². The third-order valence-corrected chi connectivity index (χ3v) is 4.31. The van der Waals surface area contributed by atoms with Crippen molar-refractivity contribution in [2.24, 2.45) is 0 Å². The average Bonchev–Trinajstić information content (AvgIpc) is 2.80. The monoisotopic (exact) mass is 314 g/mol. The fourth-order valence-corrected chi connectivity index (χ4v) is 3.13. The van der Waals surface area contributed by atoms with Gasteiger partial charge in [0.25, 0.3) is 0 Å². The summed E-state index contributed by atoms with van der Waals surface area (Å²) in [5.74, 6) is -0.393. The molecule has 0 aliphatic rings. The highest BCUT2D eigenvalue weighted by atomic mass is 79.9. The molecule has 1 atom stereocenters. The molecule has 1 nitrogen and oxygen atoms in total. The molecule has 0 aliphatic heterocycles. The minimum Gasteiger partial charge on any atom is -0.383 e. The fraction of sp³-hybridized carbons (Fsp3) is 0.231. The number of rotatable bonds is 3. The Hall–Kier alpha value is -0.710. The molecule has 1 heterocycles. The molecule has 0 amide bonds. The van der Waals surface area contributed by atoms with E-state index in [0.29, 0.717) is 10.0 Å². The zero-order valence-corrected chi connectivity index (χ0v) is 11.7. The van der Waals surface area contributed by atoms with Crippen LogP contribution in [0, 0.1) is 5.82 Å². The van der Waals surface area contributed by atoms with Gasteiger partial charge in [-0.2, -0.15) is 0 Å². The number of hydrogen-bond acceptors (Lipinski definition) is 2. The van der Waals surface area contributed by atoms with Crippen LogP contribution in [0.25, 0.3) is 0 Å². The van der Waals surface area contributed by atoms with Crippen LogP contribution >= 0.6 is 27.3 Å². The Kier molecular flexibility index (Phi) is 3.97. The molecule has 2 aromatic rings. The van der Waals surface area contributed by atoms with Crippen LogP contribution in [0.1, 0.15) is 29.0 Å². The Balaban J connectivity index is 2.44. The minimum absolute atomic E-state index is 0.316. The summed E-state index contributed by atoms with van der Waals surface area (Å²) >= 11 is 4.59. The van der Waals surface area contributed by atoms with Crippen molar-refractivity contribution in [2.75, 3.05) is 0 Å². The van der Waals surface area contributed by atoms with Crippen LogP contribution < -0.4 is 0 Å². The van der Waals surface area contributed by atoms with Gasteiger partial charge in [0, 0.05) is 10.4 Å². The molecule has 0 saturated carbocycles. The van der Waals surface area contributed by atoms with Gasteiger partial charge in [-0.15, -0.1) is 11.3 Å². The van der Waals surface area contributed by atoms with Crippen molar-refractivity contribution in [2.45, 2.75) is 19.4 Å². The van der Waals surface area contributed by atoms with Gasteiger partial charge in [-0.1, -0.05) is 19.1 Å². The Bertz CT molecular complexity index is 524. The molecular weight excluding hydrogens is 303 g/mol. The first-order chi connectivity index (χ1) is 8.15. The lowest BCUT2D eigenvalue weighted by atomic mass is 10.0. The summed E-state index contributed by atoms with van der Waals surface area (Å²) in [6, 6.07) is 6.94. The van der Waals surface area contributed by atoms with Gasteiger partial charge in [-0.3, -0.25) is 0 Å². The summed E-state index contributed by atoms with van der Waals surface area (Å²) < 4.78 is 14.3. The van der Waals surface area contributed by atoms with Gasteiger partial charge in [0.15, 0.2) is 0 Å². The van der Waals surface area contributed by atoms with E-state index in [4.69, 9.17) is 0 Å². The molecule has 0 bridgehead atoms. The summed E-state index contributed by atoms with van der Waals surface area (Å²) in [6.07, 6.45) is -0.0478. The maximum atomic E-state index is 13.9. The summed E-state index contributed by atoms with van der Waals surface area (Å²) in [5.41, 5.74) is 1.39. The Labute approximate surface area is 112 Å². The van der Waals surface area contributed by atoms with E-state index in [-0.39, 0.29) is 0 Å². The third kappa shape index (κ3) is 2.44. The van der Waals surface area contributed by atoms with Crippen molar-refractivity contribution < 1.29 is 9.50 Å². The van der Waals surface area contributed by atoms with E-state index in [2.05, 4.69) is 15.9 Å². The molecule has 1 unspecified atom stereocenters. The van der Waals surface area contributed by atoms with Crippen LogP contribution in [-0.4, -0.2) is 5.11 Å². The van der Waals surface area contributed by atoms with Crippen molar-refractivity contribution in [3.8, 4) is 0 Å². The molecule has 1 aromatic heterocycles.